The van der Waals surface area contributed by atoms with Crippen LogP contribution in [0.2, 0.25) is 0 Å². The van der Waals surface area contributed by atoms with E-state index in [1.807, 2.05) is 39.0 Å². The third-order valence-electron chi connectivity index (χ3n) is 5.46. The van der Waals surface area contributed by atoms with E-state index >= 15 is 0 Å². The summed E-state index contributed by atoms with van der Waals surface area (Å²) in [6, 6.07) is 16.7. The summed E-state index contributed by atoms with van der Waals surface area (Å²) >= 11 is 0. The first-order chi connectivity index (χ1) is 14.4. The Kier molecular flexibility index (Phi) is 5.82. The topological polar surface area (TPSA) is 51.9 Å². The standard InChI is InChI=1S/C25H29NO4/c1-25(2,3)30-24(27)26-12-10-22(21-11-13-28-17-21)23(15-26)29-16-18-8-9-19-6-4-5-7-20(19)14-18/h4-9,11,13-14,17,22-23H,10,12,15-16H2,1-3H3. The largest absolute Gasteiger partial charge is 0.472 e. The number of rotatable bonds is 4. The van der Waals surface area contributed by atoms with E-state index in [2.05, 4.69) is 30.3 Å². The zero-order chi connectivity index (χ0) is 21.1. The fraction of sp³-hybridized carbons (Fsp3) is 0.400. The monoisotopic (exact) mass is 407 g/mol. The van der Waals surface area contributed by atoms with Gasteiger partial charge in [0, 0.05) is 12.5 Å². The van der Waals surface area contributed by atoms with Crippen LogP contribution in [0.4, 0.5) is 4.79 Å². The Hall–Kier alpha value is -2.79. The van der Waals surface area contributed by atoms with Gasteiger partial charge in [0.25, 0.3) is 0 Å². The third-order valence-corrected chi connectivity index (χ3v) is 5.46. The lowest BCUT2D eigenvalue weighted by Crippen LogP contribution is -2.48. The van der Waals surface area contributed by atoms with Gasteiger partial charge in [-0.05, 0) is 61.2 Å². The number of benzene rings is 2. The van der Waals surface area contributed by atoms with Crippen LogP contribution in [0.1, 0.15) is 44.2 Å². The minimum Gasteiger partial charge on any atom is -0.472 e. The molecule has 1 fully saturated rings. The van der Waals surface area contributed by atoms with Gasteiger partial charge in [0.15, 0.2) is 0 Å². The Balaban J connectivity index is 1.48. The van der Waals surface area contributed by atoms with Crippen molar-refractivity contribution in [1.82, 2.24) is 4.90 Å². The summed E-state index contributed by atoms with van der Waals surface area (Å²) in [7, 11) is 0. The number of ether oxygens (including phenoxy) is 2. The van der Waals surface area contributed by atoms with Crippen LogP contribution in [0.5, 0.6) is 0 Å². The van der Waals surface area contributed by atoms with E-state index in [1.165, 1.54) is 10.8 Å². The molecule has 0 radical (unpaired) electrons. The summed E-state index contributed by atoms with van der Waals surface area (Å²) in [4.78, 5) is 14.4. The molecule has 1 aromatic heterocycles. The van der Waals surface area contributed by atoms with Gasteiger partial charge < -0.3 is 18.8 Å². The molecule has 0 N–H and O–H groups in total. The molecule has 5 nitrogen and oxygen atoms in total. The number of carbonyl (C=O) groups excluding carboxylic acids is 1. The second kappa shape index (κ2) is 8.52. The molecule has 3 aromatic rings. The minimum atomic E-state index is -0.514. The van der Waals surface area contributed by atoms with Crippen molar-refractivity contribution >= 4 is 16.9 Å². The molecule has 0 saturated carbocycles. The summed E-state index contributed by atoms with van der Waals surface area (Å²) in [5.41, 5.74) is 1.72. The maximum absolute atomic E-state index is 12.6. The number of amides is 1. The Morgan fingerprint density at radius 3 is 2.67 bits per heavy atom. The summed E-state index contributed by atoms with van der Waals surface area (Å²) in [6.45, 7) is 7.29. The molecule has 1 aliphatic heterocycles. The van der Waals surface area contributed by atoms with E-state index in [1.54, 1.807) is 17.4 Å². The van der Waals surface area contributed by atoms with Crippen LogP contribution in [0.25, 0.3) is 10.8 Å². The van der Waals surface area contributed by atoms with E-state index in [-0.39, 0.29) is 18.1 Å². The number of carbonyl (C=O) groups is 1. The lowest BCUT2D eigenvalue weighted by molar-refractivity contribution is -0.0360. The first-order valence-electron chi connectivity index (χ1n) is 10.5. The zero-order valence-corrected chi connectivity index (χ0v) is 17.8. The van der Waals surface area contributed by atoms with Crippen molar-refractivity contribution in [3.8, 4) is 0 Å². The number of piperidine rings is 1. The molecule has 0 aliphatic carbocycles. The summed E-state index contributed by atoms with van der Waals surface area (Å²) < 4.78 is 17.3. The van der Waals surface area contributed by atoms with Crippen molar-refractivity contribution in [2.24, 2.45) is 0 Å². The highest BCUT2D eigenvalue weighted by molar-refractivity contribution is 5.82. The average molecular weight is 408 g/mol. The van der Waals surface area contributed by atoms with Gasteiger partial charge in [-0.2, -0.15) is 0 Å². The SMILES string of the molecule is CC(C)(C)OC(=O)N1CCC(c2ccoc2)C(OCc2ccc3ccccc3c2)C1. The number of hydrogen-bond acceptors (Lipinski definition) is 4. The van der Waals surface area contributed by atoms with Crippen molar-refractivity contribution in [3.05, 3.63) is 72.2 Å². The first-order valence-corrected chi connectivity index (χ1v) is 10.5. The number of hydrogen-bond donors (Lipinski definition) is 0. The minimum absolute atomic E-state index is 0.129. The molecule has 4 rings (SSSR count). The Morgan fingerprint density at radius 1 is 1.13 bits per heavy atom. The molecule has 0 spiro atoms. The highest BCUT2D eigenvalue weighted by atomic mass is 16.6. The van der Waals surface area contributed by atoms with Crippen LogP contribution in [0, 0.1) is 0 Å². The molecule has 1 amide bonds. The lowest BCUT2D eigenvalue weighted by atomic mass is 9.88. The van der Waals surface area contributed by atoms with Crippen molar-refractivity contribution < 1.29 is 18.7 Å². The Labute approximate surface area is 177 Å². The molecule has 0 bridgehead atoms. The molecule has 2 heterocycles. The second-order valence-electron chi connectivity index (χ2n) is 8.91. The van der Waals surface area contributed by atoms with Gasteiger partial charge in [-0.25, -0.2) is 4.79 Å². The molecule has 158 valence electrons. The molecule has 2 unspecified atom stereocenters. The first kappa shape index (κ1) is 20.5. The number of likely N-dealkylation sites (tertiary alicyclic amines) is 1. The highest BCUT2D eigenvalue weighted by Gasteiger charge is 2.35. The molecule has 1 saturated heterocycles. The molecular formula is C25H29NO4. The van der Waals surface area contributed by atoms with Gasteiger partial charge in [0.1, 0.15) is 5.60 Å². The maximum Gasteiger partial charge on any atom is 0.410 e. The van der Waals surface area contributed by atoms with Crippen molar-refractivity contribution in [2.45, 2.75) is 51.4 Å². The van der Waals surface area contributed by atoms with Crippen LogP contribution in [0.15, 0.2) is 65.5 Å². The van der Waals surface area contributed by atoms with E-state index < -0.39 is 5.60 Å². The quantitative estimate of drug-likeness (QED) is 0.553. The predicted octanol–water partition coefficient (Wildman–Crippen LogP) is 5.74. The van der Waals surface area contributed by atoms with Crippen LogP contribution < -0.4 is 0 Å². The van der Waals surface area contributed by atoms with Gasteiger partial charge in [-0.3, -0.25) is 0 Å². The highest BCUT2D eigenvalue weighted by Crippen LogP contribution is 2.32. The average Bonchev–Trinajstić information content (AvgIpc) is 3.25. The van der Waals surface area contributed by atoms with E-state index in [9.17, 15) is 4.79 Å². The molecule has 2 aromatic carbocycles. The molecule has 2 atom stereocenters. The molecule has 5 heteroatoms. The number of fused-ring (bicyclic) bond motifs is 1. The van der Waals surface area contributed by atoms with Gasteiger partial charge in [0.05, 0.1) is 31.8 Å². The van der Waals surface area contributed by atoms with Gasteiger partial charge in [-0.15, -0.1) is 0 Å². The summed E-state index contributed by atoms with van der Waals surface area (Å²) in [6.07, 6.45) is 3.86. The second-order valence-corrected chi connectivity index (χ2v) is 8.91. The van der Waals surface area contributed by atoms with Gasteiger partial charge in [-0.1, -0.05) is 36.4 Å². The molecule has 1 aliphatic rings. The number of furan rings is 1. The van der Waals surface area contributed by atoms with Gasteiger partial charge >= 0.3 is 6.09 Å². The van der Waals surface area contributed by atoms with E-state index in [0.29, 0.717) is 19.7 Å². The van der Waals surface area contributed by atoms with E-state index in [4.69, 9.17) is 13.9 Å². The van der Waals surface area contributed by atoms with Crippen LogP contribution in [0.3, 0.4) is 0 Å². The van der Waals surface area contributed by atoms with Crippen molar-refractivity contribution in [2.75, 3.05) is 13.1 Å². The predicted molar refractivity (Wildman–Crippen MR) is 116 cm³/mol. The fourth-order valence-electron chi connectivity index (χ4n) is 3.98. The van der Waals surface area contributed by atoms with Crippen molar-refractivity contribution in [1.29, 1.82) is 0 Å². The van der Waals surface area contributed by atoms with Crippen molar-refractivity contribution in [3.63, 3.8) is 0 Å². The smallest absolute Gasteiger partial charge is 0.410 e. The van der Waals surface area contributed by atoms with E-state index in [0.717, 1.165) is 17.5 Å². The maximum atomic E-state index is 12.6. The summed E-state index contributed by atoms with van der Waals surface area (Å²) in [5, 5.41) is 2.41. The lowest BCUT2D eigenvalue weighted by Gasteiger charge is -2.38. The van der Waals surface area contributed by atoms with Gasteiger partial charge in [0.2, 0.25) is 0 Å². The Morgan fingerprint density at radius 2 is 1.93 bits per heavy atom. The van der Waals surface area contributed by atoms with Crippen LogP contribution in [-0.2, 0) is 16.1 Å². The molecular weight excluding hydrogens is 378 g/mol. The summed E-state index contributed by atoms with van der Waals surface area (Å²) in [5.74, 6) is 0.183. The third kappa shape index (κ3) is 4.85. The number of nitrogens with zero attached hydrogens (tertiary/aromatic N) is 1. The normalized spacial score (nSPS) is 19.8. The fourth-order valence-corrected chi connectivity index (χ4v) is 3.98. The van der Waals surface area contributed by atoms with Crippen LogP contribution >= 0.6 is 0 Å². The zero-order valence-electron chi connectivity index (χ0n) is 17.8. The molecule has 30 heavy (non-hydrogen) atoms. The van der Waals surface area contributed by atoms with Crippen LogP contribution in [-0.4, -0.2) is 35.8 Å². The Bertz CT molecular complexity index is 990.